The minimum Gasteiger partial charge on any atom is -0.491 e. The number of esters is 2. The summed E-state index contributed by atoms with van der Waals surface area (Å²) in [5.41, 5.74) is 1.41. The first-order valence-electron chi connectivity index (χ1n) is 12.1. The van der Waals surface area contributed by atoms with Crippen LogP contribution in [0, 0.1) is 17.8 Å². The van der Waals surface area contributed by atoms with E-state index < -0.39 is 12.2 Å². The van der Waals surface area contributed by atoms with E-state index in [0.717, 1.165) is 12.0 Å². The lowest BCUT2D eigenvalue weighted by atomic mass is 9.90. The van der Waals surface area contributed by atoms with Crippen LogP contribution in [0.2, 0.25) is 0 Å². The van der Waals surface area contributed by atoms with Crippen LogP contribution in [-0.2, 0) is 23.8 Å². The molecule has 2 aliphatic rings. The molecule has 1 aromatic carbocycles. The molecule has 0 bridgehead atoms. The maximum atomic E-state index is 12.5. The Morgan fingerprint density at radius 2 is 1.83 bits per heavy atom. The summed E-state index contributed by atoms with van der Waals surface area (Å²) in [7, 11) is 0. The van der Waals surface area contributed by atoms with Crippen molar-refractivity contribution in [3.05, 3.63) is 66.0 Å². The van der Waals surface area contributed by atoms with Crippen molar-refractivity contribution in [2.45, 2.75) is 52.2 Å². The third kappa shape index (κ3) is 9.11. The number of halogens is 1. The maximum absolute atomic E-state index is 12.5. The van der Waals surface area contributed by atoms with E-state index in [1.807, 2.05) is 74.3 Å². The van der Waals surface area contributed by atoms with Crippen molar-refractivity contribution >= 4 is 40.1 Å². The second-order valence-corrected chi connectivity index (χ2v) is 8.98. The van der Waals surface area contributed by atoms with Crippen LogP contribution in [0.15, 0.2) is 60.4 Å². The Morgan fingerprint density at radius 1 is 1.11 bits per heavy atom. The monoisotopic (exact) mass is 596 g/mol. The first-order chi connectivity index (χ1) is 16.8. The van der Waals surface area contributed by atoms with Crippen molar-refractivity contribution in [2.75, 3.05) is 18.1 Å². The second-order valence-electron chi connectivity index (χ2n) is 8.98. The highest BCUT2D eigenvalue weighted by atomic mass is 127. The fourth-order valence-corrected chi connectivity index (χ4v) is 3.62. The molecule has 3 rings (SSSR count). The molecule has 0 aromatic heterocycles. The van der Waals surface area contributed by atoms with Crippen molar-refractivity contribution in [1.82, 2.24) is 0 Å². The van der Waals surface area contributed by atoms with Gasteiger partial charge in [-0.2, -0.15) is 0 Å². The molecule has 0 saturated heterocycles. The zero-order valence-electron chi connectivity index (χ0n) is 21.0. The van der Waals surface area contributed by atoms with Gasteiger partial charge in [-0.1, -0.05) is 85.8 Å². The van der Waals surface area contributed by atoms with Crippen molar-refractivity contribution in [3.63, 3.8) is 0 Å². The Balaban J connectivity index is 0.00000210. The number of fused-ring (bicyclic) bond motifs is 1. The number of allylic oxidation sites excluding steroid dienone is 1. The topological polar surface area (TPSA) is 82.1 Å². The zero-order valence-corrected chi connectivity index (χ0v) is 23.1. The average molecular weight is 597 g/mol. The number of alkyl halides is 1. The predicted molar refractivity (Wildman–Crippen MR) is 146 cm³/mol. The number of hydrogen-bond acceptors (Lipinski definition) is 6. The normalized spacial score (nSPS) is 20.4. The van der Waals surface area contributed by atoms with Crippen molar-refractivity contribution in [1.29, 1.82) is 0 Å². The highest BCUT2D eigenvalue weighted by Gasteiger charge is 2.31. The summed E-state index contributed by atoms with van der Waals surface area (Å²) in [6.07, 6.45) is 8.46. The molecule has 35 heavy (non-hydrogen) atoms. The Hall–Kier alpha value is -2.13. The molecule has 0 amide bonds. The molecule has 0 saturated carbocycles. The molecule has 4 unspecified atom stereocenters. The van der Waals surface area contributed by atoms with Gasteiger partial charge < -0.3 is 19.3 Å². The Labute approximate surface area is 222 Å². The quantitative estimate of drug-likeness (QED) is 0.157. The van der Waals surface area contributed by atoms with Crippen LogP contribution in [0.3, 0.4) is 0 Å². The summed E-state index contributed by atoms with van der Waals surface area (Å²) in [5.74, 6) is 0.167. The van der Waals surface area contributed by atoms with Crippen LogP contribution >= 0.6 is 22.6 Å². The van der Waals surface area contributed by atoms with E-state index in [4.69, 9.17) is 14.2 Å². The number of benzene rings is 1. The zero-order chi connectivity index (χ0) is 25.8. The van der Waals surface area contributed by atoms with Gasteiger partial charge in [-0.25, -0.2) is 4.79 Å². The summed E-state index contributed by atoms with van der Waals surface area (Å²) < 4.78 is 16.6. The third-order valence-electron chi connectivity index (χ3n) is 6.09. The first-order valence-corrected chi connectivity index (χ1v) is 14.2. The Morgan fingerprint density at radius 3 is 2.51 bits per heavy atom. The van der Waals surface area contributed by atoms with Gasteiger partial charge in [0, 0.05) is 5.92 Å². The molecule has 1 aromatic rings. The fraction of sp³-hybridized carbons (Fsp3) is 0.500. The summed E-state index contributed by atoms with van der Waals surface area (Å²) in [4.78, 5) is 26.3. The highest BCUT2D eigenvalue weighted by molar-refractivity contribution is 14.1. The lowest BCUT2D eigenvalue weighted by molar-refractivity contribution is -0.149. The van der Waals surface area contributed by atoms with Gasteiger partial charge in [0.25, 0.3) is 0 Å². The summed E-state index contributed by atoms with van der Waals surface area (Å²) >= 11 is 2.15. The number of hydrogen-bond donors (Lipinski definition) is 1. The lowest BCUT2D eigenvalue weighted by Crippen LogP contribution is -2.30. The van der Waals surface area contributed by atoms with Gasteiger partial charge >= 0.3 is 11.9 Å². The Kier molecular flexibility index (Phi) is 12.5. The predicted octanol–water partition coefficient (Wildman–Crippen LogP) is 5.50. The van der Waals surface area contributed by atoms with E-state index in [2.05, 4.69) is 22.6 Å². The molecule has 1 aliphatic carbocycles. The molecule has 6 nitrogen and oxygen atoms in total. The first kappa shape index (κ1) is 29.1. The average Bonchev–Trinajstić information content (AvgIpc) is 2.87. The minimum absolute atomic E-state index is 0.0451. The number of ether oxygens (including phenoxy) is 3. The smallest absolute Gasteiger partial charge is 0.339 e. The van der Waals surface area contributed by atoms with E-state index in [9.17, 15) is 14.7 Å². The molecule has 1 aliphatic heterocycles. The van der Waals surface area contributed by atoms with E-state index in [1.54, 1.807) is 6.08 Å². The number of unbranched alkanes of at least 4 members (excludes halogenated alkanes) is 1. The van der Waals surface area contributed by atoms with Crippen LogP contribution < -0.4 is 0 Å². The molecule has 7 heteroatoms. The van der Waals surface area contributed by atoms with Gasteiger partial charge in [-0.3, -0.25) is 4.79 Å². The molecule has 192 valence electrons. The molecular formula is C28H37IO6. The molecule has 0 fully saturated rings. The van der Waals surface area contributed by atoms with Crippen molar-refractivity contribution in [2.24, 2.45) is 17.8 Å². The lowest BCUT2D eigenvalue weighted by Gasteiger charge is -2.29. The number of aliphatic hydroxyl groups is 1. The molecule has 1 N–H and O–H groups in total. The summed E-state index contributed by atoms with van der Waals surface area (Å²) in [6, 6.07) is 9.47. The van der Waals surface area contributed by atoms with Crippen LogP contribution in [0.4, 0.5) is 0 Å². The van der Waals surface area contributed by atoms with Crippen molar-refractivity contribution in [3.8, 4) is 0 Å². The van der Waals surface area contributed by atoms with E-state index in [0.29, 0.717) is 30.8 Å². The SMILES string of the molecule is CC(C)C(C)C(=O)OCCCCC(O)COC1=CC2OC(=O)C(c3ccccc3)=CC2C=C1.CI. The summed E-state index contributed by atoms with van der Waals surface area (Å²) in [6.45, 7) is 6.38. The maximum Gasteiger partial charge on any atom is 0.339 e. The van der Waals surface area contributed by atoms with Crippen LogP contribution in [0.5, 0.6) is 0 Å². The van der Waals surface area contributed by atoms with Crippen molar-refractivity contribution < 1.29 is 28.9 Å². The van der Waals surface area contributed by atoms with Gasteiger partial charge in [-0.05, 0) is 47.8 Å². The van der Waals surface area contributed by atoms with E-state index >= 15 is 0 Å². The second kappa shape index (κ2) is 15.1. The number of carbonyl (C=O) groups excluding carboxylic acids is 2. The highest BCUT2D eigenvalue weighted by Crippen LogP contribution is 2.31. The molecule has 1 heterocycles. The molecule has 4 atom stereocenters. The van der Waals surface area contributed by atoms with Crippen LogP contribution in [0.25, 0.3) is 5.57 Å². The largest absolute Gasteiger partial charge is 0.491 e. The minimum atomic E-state index is -0.624. The number of aliphatic hydroxyl groups excluding tert-OH is 1. The van der Waals surface area contributed by atoms with Gasteiger partial charge in [0.05, 0.1) is 24.2 Å². The van der Waals surface area contributed by atoms with Gasteiger partial charge in [0.15, 0.2) is 0 Å². The standard InChI is InChI=1S/C27H34O6.CH3I/c1-18(2)19(3)26(29)31-14-8-7-11-22(28)17-32-23-13-12-21-15-24(20-9-5-4-6-10-20)27(30)33-25(21)16-23;1-2/h4-6,9-10,12-13,15-16,18-19,21-22,25,28H,7-8,11,14,17H2,1-3H3;1H3. The van der Waals surface area contributed by atoms with E-state index in [1.165, 1.54) is 0 Å². The molecular weight excluding hydrogens is 559 g/mol. The van der Waals surface area contributed by atoms with Gasteiger partial charge in [0.1, 0.15) is 18.5 Å². The fourth-order valence-electron chi connectivity index (χ4n) is 3.62. The van der Waals surface area contributed by atoms with Crippen LogP contribution in [0.1, 0.15) is 45.6 Å². The molecule has 0 spiro atoms. The third-order valence-corrected chi connectivity index (χ3v) is 6.09. The van der Waals surface area contributed by atoms with E-state index in [-0.39, 0.29) is 36.3 Å². The number of rotatable bonds is 11. The van der Waals surface area contributed by atoms with Crippen LogP contribution in [-0.4, -0.2) is 47.4 Å². The van der Waals surface area contributed by atoms with Gasteiger partial charge in [0.2, 0.25) is 0 Å². The summed E-state index contributed by atoms with van der Waals surface area (Å²) in [5, 5.41) is 10.2. The molecule has 0 radical (unpaired) electrons. The Bertz CT molecular complexity index is 905. The number of carbonyl (C=O) groups is 2. The van der Waals surface area contributed by atoms with Gasteiger partial charge in [-0.15, -0.1) is 0 Å².